The Labute approximate surface area is 185 Å². The fraction of sp³-hybridized carbons (Fsp3) is 0.111. The Morgan fingerprint density at radius 1 is 0.871 bits per heavy atom. The molecule has 0 unspecified atom stereocenters. The van der Waals surface area contributed by atoms with Crippen LogP contribution in [0.15, 0.2) is 85.5 Å². The number of fused-ring (bicyclic) bond motifs is 1. The highest BCUT2D eigenvalue weighted by molar-refractivity contribution is 6.30. The minimum atomic E-state index is -0.388. The van der Waals surface area contributed by atoms with Gasteiger partial charge in [-0.15, -0.1) is 0 Å². The molecule has 0 aromatic heterocycles. The Kier molecular flexibility index (Phi) is 6.34. The Hall–Kier alpha value is -3.17. The first kappa shape index (κ1) is 21.1. The van der Waals surface area contributed by atoms with Gasteiger partial charge in [-0.25, -0.2) is 8.78 Å². The van der Waals surface area contributed by atoms with Gasteiger partial charge in [-0.3, -0.25) is 0 Å². The van der Waals surface area contributed by atoms with E-state index in [1.165, 1.54) is 6.07 Å². The van der Waals surface area contributed by atoms with E-state index in [4.69, 9.17) is 16.3 Å². The molecule has 4 rings (SSSR count). The number of hydrogen-bond donors (Lipinski definition) is 0. The first-order valence-electron chi connectivity index (χ1n) is 10.0. The third-order valence-electron chi connectivity index (χ3n) is 5.25. The molecule has 4 aromatic carbocycles. The molecule has 0 fully saturated rings. The molecule has 0 aliphatic carbocycles. The molecule has 0 N–H and O–H groups in total. The van der Waals surface area contributed by atoms with E-state index in [1.807, 2.05) is 36.4 Å². The summed E-state index contributed by atoms with van der Waals surface area (Å²) in [4.78, 5) is 0. The minimum absolute atomic E-state index is 0.230. The van der Waals surface area contributed by atoms with Crippen LogP contribution in [0.5, 0.6) is 5.75 Å². The van der Waals surface area contributed by atoms with Crippen LogP contribution in [0.3, 0.4) is 0 Å². The number of halogens is 3. The zero-order valence-corrected chi connectivity index (χ0v) is 17.6. The summed E-state index contributed by atoms with van der Waals surface area (Å²) >= 11 is 5.92. The predicted molar refractivity (Wildman–Crippen MR) is 124 cm³/mol. The van der Waals surface area contributed by atoms with E-state index in [-0.39, 0.29) is 11.6 Å². The summed E-state index contributed by atoms with van der Waals surface area (Å²) in [5.41, 5.74) is 2.90. The summed E-state index contributed by atoms with van der Waals surface area (Å²) in [6.07, 6.45) is 2.92. The second-order valence-electron chi connectivity index (χ2n) is 7.34. The van der Waals surface area contributed by atoms with E-state index in [2.05, 4.69) is 6.58 Å². The van der Waals surface area contributed by atoms with Crippen molar-refractivity contribution in [3.8, 4) is 16.9 Å². The van der Waals surface area contributed by atoms with E-state index in [1.54, 1.807) is 36.4 Å². The van der Waals surface area contributed by atoms with Crippen molar-refractivity contribution < 1.29 is 13.5 Å². The van der Waals surface area contributed by atoms with E-state index in [9.17, 15) is 4.39 Å². The van der Waals surface area contributed by atoms with E-state index < -0.39 is 0 Å². The second-order valence-corrected chi connectivity index (χ2v) is 7.78. The molecule has 0 saturated carbocycles. The fourth-order valence-electron chi connectivity index (χ4n) is 3.60. The summed E-state index contributed by atoms with van der Waals surface area (Å²) < 4.78 is 35.1. The smallest absolute Gasteiger partial charge is 0.134 e. The fourth-order valence-corrected chi connectivity index (χ4v) is 3.73. The van der Waals surface area contributed by atoms with Crippen LogP contribution in [0.2, 0.25) is 5.02 Å². The van der Waals surface area contributed by atoms with E-state index >= 15 is 4.39 Å². The maximum Gasteiger partial charge on any atom is 0.134 e. The molecule has 31 heavy (non-hydrogen) atoms. The lowest BCUT2D eigenvalue weighted by molar-refractivity contribution is 0.361. The number of rotatable bonds is 7. The van der Waals surface area contributed by atoms with Gasteiger partial charge in [0.25, 0.3) is 0 Å². The molecule has 0 heterocycles. The number of hydrogen-bond acceptors (Lipinski definition) is 1. The molecular weight excluding hydrogens is 414 g/mol. The van der Waals surface area contributed by atoms with Gasteiger partial charge in [0.1, 0.15) is 24.0 Å². The number of benzene rings is 4. The zero-order valence-electron chi connectivity index (χ0n) is 16.9. The standard InChI is InChI=1S/C27H21ClF2O/c1-2-15-31-23-12-14-24(26(29)17-23)20-9-13-25-21(16-20)8-7-19(27(25)30)6-3-18-4-10-22(28)11-5-18/h2,4-5,7-14,16-17H,1,3,6,15H2. The minimum Gasteiger partial charge on any atom is -0.489 e. The van der Waals surface area contributed by atoms with Gasteiger partial charge in [0, 0.05) is 22.0 Å². The van der Waals surface area contributed by atoms with Gasteiger partial charge in [0.15, 0.2) is 0 Å². The largest absolute Gasteiger partial charge is 0.489 e. The Balaban J connectivity index is 1.58. The predicted octanol–water partition coefficient (Wildman–Crippen LogP) is 7.79. The van der Waals surface area contributed by atoms with Crippen LogP contribution >= 0.6 is 11.6 Å². The maximum atomic E-state index is 15.1. The van der Waals surface area contributed by atoms with Crippen LogP contribution in [-0.2, 0) is 12.8 Å². The van der Waals surface area contributed by atoms with Gasteiger partial charge in [-0.05, 0) is 65.3 Å². The lowest BCUT2D eigenvalue weighted by Gasteiger charge is -2.10. The number of ether oxygens (including phenoxy) is 1. The van der Waals surface area contributed by atoms with Crippen LogP contribution in [0.4, 0.5) is 8.78 Å². The molecule has 0 atom stereocenters. The molecule has 4 aromatic rings. The first-order chi connectivity index (χ1) is 15.0. The molecule has 0 aliphatic heterocycles. The molecule has 1 nitrogen and oxygen atoms in total. The molecular formula is C27H21ClF2O. The molecule has 0 saturated heterocycles. The van der Waals surface area contributed by atoms with E-state index in [0.717, 1.165) is 17.4 Å². The first-order valence-corrected chi connectivity index (χ1v) is 10.4. The average Bonchev–Trinajstić information content (AvgIpc) is 2.78. The van der Waals surface area contributed by atoms with Crippen molar-refractivity contribution in [1.29, 1.82) is 0 Å². The van der Waals surface area contributed by atoms with Crippen molar-refractivity contribution in [1.82, 2.24) is 0 Å². The van der Waals surface area contributed by atoms with Crippen LogP contribution < -0.4 is 4.74 Å². The second kappa shape index (κ2) is 9.32. The van der Waals surface area contributed by atoms with Gasteiger partial charge in [-0.2, -0.15) is 0 Å². The molecule has 0 radical (unpaired) electrons. The summed E-state index contributed by atoms with van der Waals surface area (Å²) in [6.45, 7) is 3.90. The van der Waals surface area contributed by atoms with Crippen molar-refractivity contribution in [3.63, 3.8) is 0 Å². The molecule has 0 spiro atoms. The molecule has 0 aliphatic rings. The average molecular weight is 435 g/mol. The quantitative estimate of drug-likeness (QED) is 0.270. The molecule has 4 heteroatoms. The zero-order chi connectivity index (χ0) is 21.8. The third-order valence-corrected chi connectivity index (χ3v) is 5.50. The Bertz CT molecular complexity index is 1230. The summed E-state index contributed by atoms with van der Waals surface area (Å²) in [5.74, 6) is -0.175. The monoisotopic (exact) mass is 434 g/mol. The Morgan fingerprint density at radius 2 is 1.68 bits per heavy atom. The summed E-state index contributed by atoms with van der Waals surface area (Å²) in [5, 5.41) is 1.95. The van der Waals surface area contributed by atoms with Crippen molar-refractivity contribution in [2.75, 3.05) is 6.61 Å². The van der Waals surface area contributed by atoms with Gasteiger partial charge in [0.2, 0.25) is 0 Å². The highest BCUT2D eigenvalue weighted by Gasteiger charge is 2.11. The highest BCUT2D eigenvalue weighted by Crippen LogP contribution is 2.31. The van der Waals surface area contributed by atoms with Crippen molar-refractivity contribution in [3.05, 3.63) is 113 Å². The highest BCUT2D eigenvalue weighted by atomic mass is 35.5. The van der Waals surface area contributed by atoms with Crippen molar-refractivity contribution >= 4 is 22.4 Å². The van der Waals surface area contributed by atoms with Crippen LogP contribution in [0.1, 0.15) is 11.1 Å². The maximum absolute atomic E-state index is 15.1. The SMILES string of the molecule is C=CCOc1ccc(-c2ccc3c(F)c(CCc4ccc(Cl)cc4)ccc3c2)c(F)c1. The molecule has 0 bridgehead atoms. The Morgan fingerprint density at radius 3 is 2.42 bits per heavy atom. The summed E-state index contributed by atoms with van der Waals surface area (Å²) in [6, 6.07) is 21.3. The van der Waals surface area contributed by atoms with Crippen LogP contribution in [0.25, 0.3) is 21.9 Å². The topological polar surface area (TPSA) is 9.23 Å². The van der Waals surface area contributed by atoms with Gasteiger partial charge < -0.3 is 4.74 Å². The molecule has 156 valence electrons. The molecule has 0 amide bonds. The van der Waals surface area contributed by atoms with Gasteiger partial charge in [-0.1, -0.05) is 60.7 Å². The normalized spacial score (nSPS) is 10.9. The summed E-state index contributed by atoms with van der Waals surface area (Å²) in [7, 11) is 0. The van der Waals surface area contributed by atoms with E-state index in [0.29, 0.717) is 45.9 Å². The van der Waals surface area contributed by atoms with Gasteiger partial charge >= 0.3 is 0 Å². The van der Waals surface area contributed by atoms with Gasteiger partial charge in [0.05, 0.1) is 0 Å². The van der Waals surface area contributed by atoms with Crippen LogP contribution in [0, 0.1) is 11.6 Å². The number of aryl methyl sites for hydroxylation is 2. The van der Waals surface area contributed by atoms with Crippen LogP contribution in [-0.4, -0.2) is 6.61 Å². The van der Waals surface area contributed by atoms with Crippen molar-refractivity contribution in [2.24, 2.45) is 0 Å². The van der Waals surface area contributed by atoms with Crippen molar-refractivity contribution in [2.45, 2.75) is 12.8 Å². The third kappa shape index (κ3) is 4.78. The lowest BCUT2D eigenvalue weighted by Crippen LogP contribution is -1.96. The lowest BCUT2D eigenvalue weighted by atomic mass is 9.97.